The van der Waals surface area contributed by atoms with E-state index in [1.54, 1.807) is 20.5 Å². The number of ether oxygens (including phenoxy) is 2. The fraction of sp³-hybridized carbons (Fsp3) is 1.00. The predicted molar refractivity (Wildman–Crippen MR) is 58.8 cm³/mol. The average molecular weight is 223 g/mol. The van der Waals surface area contributed by atoms with Crippen LogP contribution in [0.15, 0.2) is 0 Å². The van der Waals surface area contributed by atoms with Crippen LogP contribution in [0.1, 0.15) is 13.8 Å². The molecule has 0 saturated carbocycles. The van der Waals surface area contributed by atoms with E-state index in [2.05, 4.69) is 5.32 Å². The van der Waals surface area contributed by atoms with E-state index in [9.17, 15) is 4.21 Å². The highest BCUT2D eigenvalue weighted by Gasteiger charge is 2.17. The molecule has 14 heavy (non-hydrogen) atoms. The van der Waals surface area contributed by atoms with Crippen molar-refractivity contribution in [3.63, 3.8) is 0 Å². The molecule has 0 aromatic rings. The first-order chi connectivity index (χ1) is 6.51. The summed E-state index contributed by atoms with van der Waals surface area (Å²) in [5.41, 5.74) is 0. The van der Waals surface area contributed by atoms with Crippen molar-refractivity contribution >= 4 is 10.8 Å². The molecule has 0 fully saturated rings. The molecule has 0 aliphatic carbocycles. The van der Waals surface area contributed by atoms with Crippen molar-refractivity contribution in [3.8, 4) is 0 Å². The van der Waals surface area contributed by atoms with Gasteiger partial charge in [0.25, 0.3) is 0 Å². The fourth-order valence-electron chi connectivity index (χ4n) is 1.43. The third kappa shape index (κ3) is 5.70. The maximum atomic E-state index is 11.0. The van der Waals surface area contributed by atoms with Gasteiger partial charge in [-0.15, -0.1) is 0 Å². The lowest BCUT2D eigenvalue weighted by Crippen LogP contribution is -2.45. The van der Waals surface area contributed by atoms with E-state index in [1.807, 2.05) is 13.8 Å². The predicted octanol–water partition coefficient (Wildman–Crippen LogP) is 0.350. The van der Waals surface area contributed by atoms with Crippen molar-refractivity contribution in [2.45, 2.75) is 32.2 Å². The Kier molecular flexibility index (Phi) is 7.35. The van der Waals surface area contributed by atoms with Crippen LogP contribution < -0.4 is 5.32 Å². The third-order valence-electron chi connectivity index (χ3n) is 1.90. The summed E-state index contributed by atoms with van der Waals surface area (Å²) >= 11 is 0. The molecule has 0 saturated heterocycles. The van der Waals surface area contributed by atoms with E-state index in [-0.39, 0.29) is 18.4 Å². The smallest absolute Gasteiger partial charge is 0.171 e. The normalized spacial score (nSPS) is 18.1. The van der Waals surface area contributed by atoms with Crippen molar-refractivity contribution in [2.75, 3.05) is 26.2 Å². The van der Waals surface area contributed by atoms with Crippen molar-refractivity contribution in [2.24, 2.45) is 0 Å². The Morgan fingerprint density at radius 1 is 1.29 bits per heavy atom. The minimum atomic E-state index is -0.773. The highest BCUT2D eigenvalue weighted by atomic mass is 32.2. The first kappa shape index (κ1) is 14.0. The Morgan fingerprint density at radius 2 is 1.79 bits per heavy atom. The van der Waals surface area contributed by atoms with Crippen LogP contribution in [-0.4, -0.2) is 48.8 Å². The van der Waals surface area contributed by atoms with Crippen LogP contribution >= 0.6 is 0 Å². The Morgan fingerprint density at radius 3 is 2.14 bits per heavy atom. The average Bonchev–Trinajstić information content (AvgIpc) is 2.04. The summed E-state index contributed by atoms with van der Waals surface area (Å²) in [7, 11) is 2.44. The molecule has 0 aliphatic heterocycles. The van der Waals surface area contributed by atoms with Crippen LogP contribution in [-0.2, 0) is 20.3 Å². The molecule has 5 heteroatoms. The number of hydrogen-bond acceptors (Lipinski definition) is 4. The summed E-state index contributed by atoms with van der Waals surface area (Å²) < 4.78 is 21.2. The van der Waals surface area contributed by atoms with Gasteiger partial charge in [-0.1, -0.05) is 0 Å². The summed E-state index contributed by atoms with van der Waals surface area (Å²) in [6, 6.07) is 0.284. The molecule has 0 aromatic heterocycles. The van der Waals surface area contributed by atoms with E-state index in [4.69, 9.17) is 9.47 Å². The van der Waals surface area contributed by atoms with E-state index in [0.29, 0.717) is 5.75 Å². The maximum absolute atomic E-state index is 11.0. The lowest BCUT2D eigenvalue weighted by Gasteiger charge is -2.25. The highest BCUT2D eigenvalue weighted by Crippen LogP contribution is 2.00. The van der Waals surface area contributed by atoms with Gasteiger partial charge in [0.15, 0.2) is 6.29 Å². The van der Waals surface area contributed by atoms with Crippen molar-refractivity contribution < 1.29 is 13.7 Å². The fourth-order valence-corrected chi connectivity index (χ4v) is 2.23. The van der Waals surface area contributed by atoms with E-state index >= 15 is 0 Å². The van der Waals surface area contributed by atoms with E-state index in [1.165, 1.54) is 0 Å². The van der Waals surface area contributed by atoms with E-state index in [0.717, 1.165) is 0 Å². The highest BCUT2D eigenvalue weighted by molar-refractivity contribution is 7.84. The minimum absolute atomic E-state index is 0.0866. The molecule has 0 radical (unpaired) electrons. The topological polar surface area (TPSA) is 47.6 Å². The van der Waals surface area contributed by atoms with Gasteiger partial charge in [0, 0.05) is 43.1 Å². The molecule has 0 spiro atoms. The molecule has 4 nitrogen and oxygen atoms in total. The van der Waals surface area contributed by atoms with Crippen LogP contribution in [0.2, 0.25) is 0 Å². The molecule has 3 unspecified atom stereocenters. The molecule has 0 heterocycles. The Bertz CT molecular complexity index is 173. The van der Waals surface area contributed by atoms with Gasteiger partial charge in [-0.05, 0) is 13.8 Å². The number of methoxy groups -OCH3 is 2. The molecule has 0 aromatic carbocycles. The SMILES string of the molecule is COC(OC)C(C)NC(C)CS(C)=O. The second kappa shape index (κ2) is 7.34. The van der Waals surface area contributed by atoms with Crippen LogP contribution in [0, 0.1) is 0 Å². The monoisotopic (exact) mass is 223 g/mol. The summed E-state index contributed by atoms with van der Waals surface area (Å²) in [6.07, 6.45) is 1.44. The molecule has 0 rings (SSSR count). The van der Waals surface area contributed by atoms with Crippen molar-refractivity contribution in [3.05, 3.63) is 0 Å². The largest absolute Gasteiger partial charge is 0.354 e. The Labute approximate surface area is 88.8 Å². The van der Waals surface area contributed by atoms with E-state index < -0.39 is 10.8 Å². The Balaban J connectivity index is 3.90. The van der Waals surface area contributed by atoms with Gasteiger partial charge in [0.2, 0.25) is 0 Å². The van der Waals surface area contributed by atoms with Crippen LogP contribution in [0.3, 0.4) is 0 Å². The van der Waals surface area contributed by atoms with Crippen molar-refractivity contribution in [1.82, 2.24) is 5.32 Å². The van der Waals surface area contributed by atoms with Gasteiger partial charge in [0.1, 0.15) is 0 Å². The number of hydrogen-bond donors (Lipinski definition) is 1. The molecule has 86 valence electrons. The standard InChI is InChI=1S/C9H21NO3S/c1-7(6-14(5)11)10-8(2)9(12-3)13-4/h7-10H,6H2,1-5H3. The number of rotatable bonds is 7. The lowest BCUT2D eigenvalue weighted by molar-refractivity contribution is -0.120. The molecular weight excluding hydrogens is 202 g/mol. The van der Waals surface area contributed by atoms with Gasteiger partial charge in [-0.25, -0.2) is 0 Å². The first-order valence-corrected chi connectivity index (χ1v) is 6.35. The van der Waals surface area contributed by atoms with Gasteiger partial charge < -0.3 is 14.8 Å². The van der Waals surface area contributed by atoms with Crippen LogP contribution in [0.25, 0.3) is 0 Å². The van der Waals surface area contributed by atoms with Gasteiger partial charge in [0.05, 0.1) is 6.04 Å². The number of nitrogens with one attached hydrogen (secondary N) is 1. The minimum Gasteiger partial charge on any atom is -0.354 e. The zero-order valence-electron chi connectivity index (χ0n) is 9.57. The zero-order valence-corrected chi connectivity index (χ0v) is 10.4. The summed E-state index contributed by atoms with van der Waals surface area (Å²) in [5.74, 6) is 0.643. The summed E-state index contributed by atoms with van der Waals surface area (Å²) in [4.78, 5) is 0. The van der Waals surface area contributed by atoms with Gasteiger partial charge >= 0.3 is 0 Å². The van der Waals surface area contributed by atoms with Gasteiger partial charge in [-0.3, -0.25) is 4.21 Å². The van der Waals surface area contributed by atoms with Crippen LogP contribution in [0.5, 0.6) is 0 Å². The lowest BCUT2D eigenvalue weighted by atomic mass is 10.2. The van der Waals surface area contributed by atoms with Crippen LogP contribution in [0.4, 0.5) is 0 Å². The zero-order chi connectivity index (χ0) is 11.1. The second-order valence-corrected chi connectivity index (χ2v) is 4.92. The molecule has 1 N–H and O–H groups in total. The second-order valence-electron chi connectivity index (χ2n) is 3.44. The van der Waals surface area contributed by atoms with Crippen molar-refractivity contribution in [1.29, 1.82) is 0 Å². The molecule has 0 amide bonds. The molecule has 3 atom stereocenters. The summed E-state index contributed by atoms with van der Waals surface area (Å²) in [6.45, 7) is 3.98. The van der Waals surface area contributed by atoms with Gasteiger partial charge in [-0.2, -0.15) is 0 Å². The quantitative estimate of drug-likeness (QED) is 0.633. The molecule has 0 aliphatic rings. The first-order valence-electron chi connectivity index (χ1n) is 4.63. The summed E-state index contributed by atoms with van der Waals surface area (Å²) in [5, 5.41) is 3.27. The Hall–Kier alpha value is 0.0300. The molecular formula is C9H21NO3S. The molecule has 0 bridgehead atoms. The third-order valence-corrected chi connectivity index (χ3v) is 2.87. The maximum Gasteiger partial charge on any atom is 0.171 e.